The van der Waals surface area contributed by atoms with E-state index in [1.807, 2.05) is 19.3 Å². The van der Waals surface area contributed by atoms with E-state index in [1.54, 1.807) is 0 Å². The molecule has 3 heteroatoms. The maximum atomic E-state index is 5.65. The minimum Gasteiger partial charge on any atom is -0.478 e. The molecular weight excluding hydrogens is 236 g/mol. The Morgan fingerprint density at radius 2 is 1.89 bits per heavy atom. The summed E-state index contributed by atoms with van der Waals surface area (Å²) in [6, 6.07) is 4.37. The Balaban J connectivity index is 2.16. The minimum absolute atomic E-state index is 0.333. The highest BCUT2D eigenvalue weighted by atomic mass is 16.5. The number of pyridine rings is 1. The Labute approximate surface area is 117 Å². The largest absolute Gasteiger partial charge is 0.478 e. The molecule has 1 heterocycles. The zero-order valence-electron chi connectivity index (χ0n) is 12.6. The molecular formula is C16H28N2O. The molecule has 0 saturated heterocycles. The average Bonchev–Trinajstić information content (AvgIpc) is 2.46. The first-order chi connectivity index (χ1) is 9.27. The van der Waals surface area contributed by atoms with Crippen LogP contribution >= 0.6 is 0 Å². The van der Waals surface area contributed by atoms with Crippen molar-refractivity contribution in [1.82, 2.24) is 10.3 Å². The highest BCUT2D eigenvalue weighted by Crippen LogP contribution is 2.14. The van der Waals surface area contributed by atoms with Gasteiger partial charge in [-0.05, 0) is 26.0 Å². The van der Waals surface area contributed by atoms with Crippen LogP contribution in [-0.4, -0.2) is 18.6 Å². The van der Waals surface area contributed by atoms with Gasteiger partial charge < -0.3 is 10.1 Å². The summed E-state index contributed by atoms with van der Waals surface area (Å²) in [7, 11) is 1.95. The molecule has 0 spiro atoms. The predicted molar refractivity (Wildman–Crippen MR) is 80.6 cm³/mol. The van der Waals surface area contributed by atoms with Crippen molar-refractivity contribution in [3.05, 3.63) is 23.9 Å². The molecule has 0 amide bonds. The summed E-state index contributed by atoms with van der Waals surface area (Å²) in [5.74, 6) is 0.737. The number of ether oxygens (including phenoxy) is 1. The van der Waals surface area contributed by atoms with Crippen molar-refractivity contribution >= 4 is 0 Å². The number of hydrogen-bond donors (Lipinski definition) is 1. The maximum absolute atomic E-state index is 5.65. The smallest absolute Gasteiger partial charge is 0.213 e. The van der Waals surface area contributed by atoms with E-state index in [9.17, 15) is 0 Å². The van der Waals surface area contributed by atoms with Crippen molar-refractivity contribution in [2.45, 2.75) is 58.4 Å². The topological polar surface area (TPSA) is 34.1 Å². The van der Waals surface area contributed by atoms with Gasteiger partial charge in [0.15, 0.2) is 0 Å². The highest BCUT2D eigenvalue weighted by Gasteiger charge is 2.03. The summed E-state index contributed by atoms with van der Waals surface area (Å²) in [5, 5.41) is 3.20. The summed E-state index contributed by atoms with van der Waals surface area (Å²) in [4.78, 5) is 4.33. The first kappa shape index (κ1) is 16.0. The lowest BCUT2D eigenvalue weighted by Crippen LogP contribution is -2.12. The molecule has 1 aromatic rings. The van der Waals surface area contributed by atoms with Gasteiger partial charge >= 0.3 is 0 Å². The van der Waals surface area contributed by atoms with E-state index < -0.39 is 0 Å². The molecule has 0 aliphatic rings. The van der Waals surface area contributed by atoms with Crippen molar-refractivity contribution in [3.8, 4) is 5.88 Å². The quantitative estimate of drug-likeness (QED) is 0.646. The highest BCUT2D eigenvalue weighted by molar-refractivity contribution is 5.20. The number of rotatable bonds is 10. The van der Waals surface area contributed by atoms with Gasteiger partial charge in [-0.15, -0.1) is 0 Å². The third-order valence-electron chi connectivity index (χ3n) is 3.44. The van der Waals surface area contributed by atoms with Crippen molar-refractivity contribution in [2.24, 2.45) is 0 Å². The van der Waals surface area contributed by atoms with Gasteiger partial charge in [0, 0.05) is 18.3 Å². The molecule has 3 nitrogen and oxygen atoms in total. The lowest BCUT2D eigenvalue weighted by atomic mass is 10.1. The van der Waals surface area contributed by atoms with Gasteiger partial charge in [0.1, 0.15) is 0 Å². The Bertz CT molecular complexity index is 324. The van der Waals surface area contributed by atoms with Crippen molar-refractivity contribution in [2.75, 3.05) is 13.7 Å². The maximum Gasteiger partial charge on any atom is 0.213 e. The van der Waals surface area contributed by atoms with Crippen LogP contribution in [0, 0.1) is 0 Å². The molecule has 0 aliphatic carbocycles. The summed E-state index contributed by atoms with van der Waals surface area (Å²) < 4.78 is 5.65. The number of nitrogens with zero attached hydrogens (tertiary/aromatic N) is 1. The molecule has 19 heavy (non-hydrogen) atoms. The van der Waals surface area contributed by atoms with Crippen molar-refractivity contribution in [3.63, 3.8) is 0 Å². The Morgan fingerprint density at radius 3 is 2.53 bits per heavy atom. The molecule has 1 rings (SSSR count). The average molecular weight is 264 g/mol. The molecule has 0 saturated carbocycles. The van der Waals surface area contributed by atoms with Crippen molar-refractivity contribution < 1.29 is 4.74 Å². The second kappa shape index (κ2) is 9.79. The van der Waals surface area contributed by atoms with Gasteiger partial charge in [-0.2, -0.15) is 0 Å². The molecule has 0 aliphatic heterocycles. The summed E-state index contributed by atoms with van der Waals surface area (Å²) in [6.45, 7) is 5.14. The minimum atomic E-state index is 0.333. The number of hydrogen-bond acceptors (Lipinski definition) is 3. The van der Waals surface area contributed by atoms with E-state index in [-0.39, 0.29) is 0 Å². The van der Waals surface area contributed by atoms with E-state index in [0.29, 0.717) is 6.04 Å². The van der Waals surface area contributed by atoms with Gasteiger partial charge in [0.05, 0.1) is 6.61 Å². The Morgan fingerprint density at radius 1 is 1.16 bits per heavy atom. The summed E-state index contributed by atoms with van der Waals surface area (Å²) in [6.07, 6.45) is 9.60. The van der Waals surface area contributed by atoms with Gasteiger partial charge in [0.2, 0.25) is 5.88 Å². The monoisotopic (exact) mass is 264 g/mol. The second-order valence-corrected chi connectivity index (χ2v) is 5.06. The summed E-state index contributed by atoms with van der Waals surface area (Å²) >= 11 is 0. The molecule has 108 valence electrons. The molecule has 1 unspecified atom stereocenters. The molecule has 1 atom stereocenters. The zero-order chi connectivity index (χ0) is 13.9. The zero-order valence-corrected chi connectivity index (χ0v) is 12.6. The second-order valence-electron chi connectivity index (χ2n) is 5.06. The van der Waals surface area contributed by atoms with Crippen LogP contribution in [0.25, 0.3) is 0 Å². The van der Waals surface area contributed by atoms with Crippen LogP contribution in [0.4, 0.5) is 0 Å². The first-order valence-corrected chi connectivity index (χ1v) is 7.54. The fraction of sp³-hybridized carbons (Fsp3) is 0.688. The normalized spacial score (nSPS) is 12.4. The lowest BCUT2D eigenvalue weighted by Gasteiger charge is -2.11. The molecule has 0 bridgehead atoms. The van der Waals surface area contributed by atoms with Gasteiger partial charge in [-0.3, -0.25) is 0 Å². The number of nitrogens with one attached hydrogen (secondary N) is 1. The van der Waals surface area contributed by atoms with Crippen LogP contribution in [0.2, 0.25) is 0 Å². The summed E-state index contributed by atoms with van der Waals surface area (Å²) in [5.41, 5.74) is 1.19. The fourth-order valence-electron chi connectivity index (χ4n) is 1.96. The SMILES string of the molecule is CCCCCCCCOc1ccc(C(C)NC)cn1. The standard InChI is InChI=1S/C16H28N2O/c1-4-5-6-7-8-9-12-19-16-11-10-15(13-18-16)14(2)17-3/h10-11,13-14,17H,4-9,12H2,1-3H3. The van der Waals surface area contributed by atoms with Crippen LogP contribution in [0.15, 0.2) is 18.3 Å². The van der Waals surface area contributed by atoms with Crippen LogP contribution < -0.4 is 10.1 Å². The first-order valence-electron chi connectivity index (χ1n) is 7.54. The Kier molecular flexibility index (Phi) is 8.23. The van der Waals surface area contributed by atoms with Crippen molar-refractivity contribution in [1.29, 1.82) is 0 Å². The van der Waals surface area contributed by atoms with E-state index in [1.165, 1.54) is 37.7 Å². The third-order valence-corrected chi connectivity index (χ3v) is 3.44. The van der Waals surface area contributed by atoms with E-state index in [0.717, 1.165) is 18.9 Å². The van der Waals surface area contributed by atoms with Crippen LogP contribution in [0.3, 0.4) is 0 Å². The molecule has 0 radical (unpaired) electrons. The predicted octanol–water partition coefficient (Wildman–Crippen LogP) is 4.10. The number of aromatic nitrogens is 1. The fourth-order valence-corrected chi connectivity index (χ4v) is 1.96. The van der Waals surface area contributed by atoms with E-state index in [4.69, 9.17) is 4.74 Å². The molecule has 0 fully saturated rings. The van der Waals surface area contributed by atoms with Gasteiger partial charge in [-0.1, -0.05) is 45.1 Å². The lowest BCUT2D eigenvalue weighted by molar-refractivity contribution is 0.293. The van der Waals surface area contributed by atoms with Gasteiger partial charge in [0.25, 0.3) is 0 Å². The van der Waals surface area contributed by atoms with Crippen LogP contribution in [0.1, 0.15) is 64.0 Å². The Hall–Kier alpha value is -1.09. The van der Waals surface area contributed by atoms with Crippen LogP contribution in [0.5, 0.6) is 5.88 Å². The van der Waals surface area contributed by atoms with E-state index in [2.05, 4.69) is 30.2 Å². The van der Waals surface area contributed by atoms with E-state index >= 15 is 0 Å². The molecule has 1 aromatic heterocycles. The molecule has 1 N–H and O–H groups in total. The third kappa shape index (κ3) is 6.58. The van der Waals surface area contributed by atoms with Crippen LogP contribution in [-0.2, 0) is 0 Å². The van der Waals surface area contributed by atoms with Gasteiger partial charge in [-0.25, -0.2) is 4.98 Å². The molecule has 0 aromatic carbocycles. The number of unbranched alkanes of at least 4 members (excludes halogenated alkanes) is 5.